The summed E-state index contributed by atoms with van der Waals surface area (Å²) in [7, 11) is -18.5. The highest BCUT2D eigenvalue weighted by Gasteiger charge is 2.67. The standard InChI is InChI=1S/C19H43NO6P2Si4/c1-29(2,3)23-27(21,24-30(4,5)6)19(20,18-16-14-13-15-17-18)28(22,25-31(7,8)9)26-32(10,11)12/h13-17H,20H2,1-12H3. The Morgan fingerprint density at radius 3 is 1.06 bits per heavy atom. The van der Waals surface area contributed by atoms with Gasteiger partial charge in [-0.2, -0.15) is 0 Å². The van der Waals surface area contributed by atoms with Crippen molar-refractivity contribution in [3.63, 3.8) is 0 Å². The molecule has 0 spiro atoms. The summed E-state index contributed by atoms with van der Waals surface area (Å²) in [4.78, 5) is 0. The maximum Gasteiger partial charge on any atom is 0.348 e. The Balaban J connectivity index is 4.10. The zero-order chi connectivity index (χ0) is 25.4. The van der Waals surface area contributed by atoms with E-state index in [0.717, 1.165) is 0 Å². The van der Waals surface area contributed by atoms with Crippen LogP contribution in [0, 0.1) is 0 Å². The molecule has 0 aliphatic rings. The van der Waals surface area contributed by atoms with Crippen molar-refractivity contribution >= 4 is 48.5 Å². The monoisotopic (exact) mass is 555 g/mol. The molecule has 0 saturated heterocycles. The Bertz CT molecular complexity index is 783. The molecule has 0 amide bonds. The maximum absolute atomic E-state index is 14.9. The lowest BCUT2D eigenvalue weighted by atomic mass is 10.2. The third kappa shape index (κ3) is 8.23. The Morgan fingerprint density at radius 1 is 0.594 bits per heavy atom. The predicted octanol–water partition coefficient (Wildman–Crippen LogP) is 7.55. The zero-order valence-corrected chi connectivity index (χ0v) is 27.6. The summed E-state index contributed by atoms with van der Waals surface area (Å²) in [6.07, 6.45) is 0. The molecular weight excluding hydrogens is 513 g/mol. The molecule has 0 aliphatic carbocycles. The first kappa shape index (κ1) is 30.4. The first-order chi connectivity index (χ1) is 13.9. The van der Waals surface area contributed by atoms with Crippen LogP contribution in [0.15, 0.2) is 30.3 Å². The van der Waals surface area contributed by atoms with Gasteiger partial charge >= 0.3 is 15.2 Å². The molecule has 0 unspecified atom stereocenters. The normalized spacial score (nSPS) is 15.2. The van der Waals surface area contributed by atoms with E-state index < -0.39 is 53.5 Å². The van der Waals surface area contributed by atoms with Crippen molar-refractivity contribution in [2.75, 3.05) is 0 Å². The average Bonchev–Trinajstić information content (AvgIpc) is 2.47. The SMILES string of the molecule is C[Si](C)(C)OP(=O)(O[Si](C)(C)C)C(N)(c1ccccc1)P(=O)(O[Si](C)(C)C)O[Si](C)(C)C. The van der Waals surface area contributed by atoms with E-state index >= 15 is 0 Å². The summed E-state index contributed by atoms with van der Waals surface area (Å²) < 4.78 is 54.9. The van der Waals surface area contributed by atoms with E-state index in [4.69, 9.17) is 22.6 Å². The van der Waals surface area contributed by atoms with Crippen molar-refractivity contribution in [2.24, 2.45) is 5.73 Å². The minimum absolute atomic E-state index is 0.361. The van der Waals surface area contributed by atoms with E-state index in [1.165, 1.54) is 0 Å². The van der Waals surface area contributed by atoms with Gasteiger partial charge in [-0.15, -0.1) is 0 Å². The molecule has 186 valence electrons. The zero-order valence-electron chi connectivity index (χ0n) is 21.8. The fourth-order valence-electron chi connectivity index (χ4n) is 2.91. The van der Waals surface area contributed by atoms with Crippen LogP contribution in [0.1, 0.15) is 5.56 Å². The molecule has 2 N–H and O–H groups in total. The molecule has 0 bridgehead atoms. The first-order valence-corrected chi connectivity index (χ1v) is 27.5. The first-order valence-electron chi connectivity index (χ1n) is 10.8. The summed E-state index contributed by atoms with van der Waals surface area (Å²) in [5.41, 5.74) is 7.43. The molecule has 0 atom stereocenters. The van der Waals surface area contributed by atoms with Crippen LogP contribution in [0.2, 0.25) is 78.6 Å². The maximum atomic E-state index is 14.9. The molecule has 13 heteroatoms. The highest BCUT2D eigenvalue weighted by molar-refractivity contribution is 7.75. The Labute approximate surface area is 199 Å². The summed E-state index contributed by atoms with van der Waals surface area (Å²) in [6.45, 7) is 22.9. The van der Waals surface area contributed by atoms with Gasteiger partial charge in [0.05, 0.1) is 0 Å². The van der Waals surface area contributed by atoms with Crippen molar-refractivity contribution in [1.82, 2.24) is 0 Å². The molecule has 0 radical (unpaired) electrons. The molecule has 1 aromatic rings. The number of nitrogens with two attached hydrogens (primary N) is 1. The lowest BCUT2D eigenvalue weighted by Crippen LogP contribution is -2.47. The van der Waals surface area contributed by atoms with Gasteiger partial charge < -0.3 is 22.6 Å². The molecule has 0 aromatic heterocycles. The summed E-state index contributed by atoms with van der Waals surface area (Å²) >= 11 is 0. The second-order valence-electron chi connectivity index (χ2n) is 11.9. The fraction of sp³-hybridized carbons (Fsp3) is 0.684. The van der Waals surface area contributed by atoms with Crippen LogP contribution in [0.5, 0.6) is 0 Å². The molecule has 0 heterocycles. The van der Waals surface area contributed by atoms with Crippen molar-refractivity contribution in [2.45, 2.75) is 83.6 Å². The molecule has 32 heavy (non-hydrogen) atoms. The molecule has 7 nitrogen and oxygen atoms in total. The average molecular weight is 556 g/mol. The Morgan fingerprint density at radius 2 is 0.844 bits per heavy atom. The highest BCUT2D eigenvalue weighted by Crippen LogP contribution is 2.81. The van der Waals surface area contributed by atoms with Crippen molar-refractivity contribution < 1.29 is 26.0 Å². The van der Waals surface area contributed by atoms with Gasteiger partial charge in [0.1, 0.15) is 0 Å². The molecular formula is C19H43NO6P2Si4. The third-order valence-electron chi connectivity index (χ3n) is 3.61. The Hall–Kier alpha value is 0.348. The van der Waals surface area contributed by atoms with Crippen molar-refractivity contribution in [3.8, 4) is 0 Å². The van der Waals surface area contributed by atoms with E-state index in [2.05, 4.69) is 0 Å². The lowest BCUT2D eigenvalue weighted by molar-refractivity contribution is 0.322. The van der Waals surface area contributed by atoms with Gasteiger partial charge in [0.2, 0.25) is 5.02 Å². The quantitative estimate of drug-likeness (QED) is 0.222. The number of hydrogen-bond donors (Lipinski definition) is 1. The van der Waals surface area contributed by atoms with Crippen molar-refractivity contribution in [3.05, 3.63) is 35.9 Å². The van der Waals surface area contributed by atoms with E-state index in [0.29, 0.717) is 5.56 Å². The molecule has 0 saturated carbocycles. The largest absolute Gasteiger partial charge is 0.350 e. The van der Waals surface area contributed by atoms with Gasteiger partial charge in [-0.3, -0.25) is 9.13 Å². The second-order valence-corrected chi connectivity index (χ2v) is 35.5. The van der Waals surface area contributed by atoms with Gasteiger partial charge in [-0.1, -0.05) is 30.3 Å². The van der Waals surface area contributed by atoms with Crippen LogP contribution in [0.4, 0.5) is 0 Å². The number of rotatable bonds is 11. The van der Waals surface area contributed by atoms with Crippen LogP contribution in [-0.4, -0.2) is 33.3 Å². The second kappa shape index (κ2) is 9.77. The molecule has 1 rings (SSSR count). The van der Waals surface area contributed by atoms with E-state index in [1.54, 1.807) is 24.3 Å². The minimum atomic E-state index is -4.27. The van der Waals surface area contributed by atoms with Crippen LogP contribution >= 0.6 is 15.2 Å². The van der Waals surface area contributed by atoms with Gasteiger partial charge in [-0.05, 0) is 84.1 Å². The van der Waals surface area contributed by atoms with Crippen LogP contribution < -0.4 is 5.73 Å². The van der Waals surface area contributed by atoms with Gasteiger partial charge in [-0.25, -0.2) is 0 Å². The van der Waals surface area contributed by atoms with Crippen LogP contribution in [-0.2, 0) is 31.0 Å². The fourth-order valence-corrected chi connectivity index (χ4v) is 21.2. The Kier molecular flexibility index (Phi) is 9.28. The smallest absolute Gasteiger partial charge is 0.348 e. The van der Waals surface area contributed by atoms with Crippen molar-refractivity contribution in [1.29, 1.82) is 0 Å². The van der Waals surface area contributed by atoms with E-state index in [1.807, 2.05) is 84.6 Å². The highest BCUT2D eigenvalue weighted by atomic mass is 31.2. The lowest BCUT2D eigenvalue weighted by Gasteiger charge is -2.47. The predicted molar refractivity (Wildman–Crippen MR) is 145 cm³/mol. The molecule has 0 aliphatic heterocycles. The van der Waals surface area contributed by atoms with Crippen LogP contribution in [0.25, 0.3) is 0 Å². The summed E-state index contributed by atoms with van der Waals surface area (Å²) in [5.74, 6) is 0. The van der Waals surface area contributed by atoms with Gasteiger partial charge in [0.15, 0.2) is 33.3 Å². The van der Waals surface area contributed by atoms with E-state index in [-0.39, 0.29) is 0 Å². The number of hydrogen-bond acceptors (Lipinski definition) is 7. The van der Waals surface area contributed by atoms with Gasteiger partial charge in [0, 0.05) is 0 Å². The number of benzene rings is 1. The minimum Gasteiger partial charge on any atom is -0.350 e. The summed E-state index contributed by atoms with van der Waals surface area (Å²) in [5, 5.41) is -2.11. The third-order valence-corrected chi connectivity index (χ3v) is 19.9. The topological polar surface area (TPSA) is 97.1 Å². The van der Waals surface area contributed by atoms with Crippen LogP contribution in [0.3, 0.4) is 0 Å². The summed E-state index contributed by atoms with van der Waals surface area (Å²) in [6, 6.07) is 8.73. The molecule has 0 fully saturated rings. The van der Waals surface area contributed by atoms with E-state index in [9.17, 15) is 9.13 Å². The molecule has 1 aromatic carbocycles. The van der Waals surface area contributed by atoms with Gasteiger partial charge in [0.25, 0.3) is 0 Å².